The summed E-state index contributed by atoms with van der Waals surface area (Å²) >= 11 is 0. The molecule has 0 unspecified atom stereocenters. The maximum atomic E-state index is 10.7. The Labute approximate surface area is 98.1 Å². The van der Waals surface area contributed by atoms with Crippen molar-refractivity contribution in [3.8, 4) is 11.5 Å². The molecule has 0 bridgehead atoms. The second-order valence-corrected chi connectivity index (χ2v) is 3.74. The van der Waals surface area contributed by atoms with E-state index in [-0.39, 0.29) is 12.2 Å². The van der Waals surface area contributed by atoms with Crippen LogP contribution < -0.4 is 4.74 Å². The highest BCUT2D eigenvalue weighted by molar-refractivity contribution is 5.94. The lowest BCUT2D eigenvalue weighted by molar-refractivity contribution is -0.136. The lowest BCUT2D eigenvalue weighted by Crippen LogP contribution is -2.00. The SMILES string of the molecule is COc1cc(CC(=O)O)cc2c(O)cccc12. The number of fused-ring (bicyclic) bond motifs is 1. The summed E-state index contributed by atoms with van der Waals surface area (Å²) in [6.07, 6.45) is -0.0966. The second kappa shape index (κ2) is 4.33. The quantitative estimate of drug-likeness (QED) is 0.851. The number of carboxylic acids is 1. The summed E-state index contributed by atoms with van der Waals surface area (Å²) in [7, 11) is 1.52. The zero-order valence-electron chi connectivity index (χ0n) is 9.30. The van der Waals surface area contributed by atoms with Crippen molar-refractivity contribution < 1.29 is 19.7 Å². The molecule has 17 heavy (non-hydrogen) atoms. The molecule has 2 N–H and O–H groups in total. The normalized spacial score (nSPS) is 10.4. The molecule has 0 radical (unpaired) electrons. The molecule has 0 atom stereocenters. The van der Waals surface area contributed by atoms with E-state index in [1.54, 1.807) is 24.3 Å². The van der Waals surface area contributed by atoms with Gasteiger partial charge in [0, 0.05) is 10.8 Å². The van der Waals surface area contributed by atoms with Crippen molar-refractivity contribution in [2.45, 2.75) is 6.42 Å². The maximum Gasteiger partial charge on any atom is 0.307 e. The Kier molecular flexibility index (Phi) is 2.87. The molecule has 0 saturated heterocycles. The maximum absolute atomic E-state index is 10.7. The fourth-order valence-electron chi connectivity index (χ4n) is 1.84. The molecule has 0 aromatic heterocycles. The zero-order chi connectivity index (χ0) is 12.4. The topological polar surface area (TPSA) is 66.8 Å². The molecule has 2 aromatic rings. The van der Waals surface area contributed by atoms with Gasteiger partial charge >= 0.3 is 5.97 Å². The van der Waals surface area contributed by atoms with Crippen LogP contribution in [0.4, 0.5) is 0 Å². The Balaban J connectivity index is 2.67. The van der Waals surface area contributed by atoms with Gasteiger partial charge in [0.1, 0.15) is 11.5 Å². The van der Waals surface area contributed by atoms with Crippen LogP contribution in [0.3, 0.4) is 0 Å². The Morgan fingerprint density at radius 2 is 2.06 bits per heavy atom. The largest absolute Gasteiger partial charge is 0.507 e. The van der Waals surface area contributed by atoms with E-state index in [1.165, 1.54) is 7.11 Å². The van der Waals surface area contributed by atoms with Crippen molar-refractivity contribution in [1.29, 1.82) is 0 Å². The first-order valence-corrected chi connectivity index (χ1v) is 5.12. The lowest BCUT2D eigenvalue weighted by Gasteiger charge is -2.09. The Hall–Kier alpha value is -2.23. The van der Waals surface area contributed by atoms with Crippen molar-refractivity contribution in [2.75, 3.05) is 7.11 Å². The number of hydrogen-bond donors (Lipinski definition) is 2. The molecular weight excluding hydrogens is 220 g/mol. The number of ether oxygens (including phenoxy) is 1. The monoisotopic (exact) mass is 232 g/mol. The summed E-state index contributed by atoms with van der Waals surface area (Å²) in [5.41, 5.74) is 0.600. The predicted molar refractivity (Wildman–Crippen MR) is 63.5 cm³/mol. The highest BCUT2D eigenvalue weighted by Gasteiger charge is 2.09. The molecule has 0 aliphatic heterocycles. The molecule has 0 amide bonds. The third-order valence-electron chi connectivity index (χ3n) is 2.57. The van der Waals surface area contributed by atoms with Crippen LogP contribution in [-0.4, -0.2) is 23.3 Å². The minimum absolute atomic E-state index is 0.0966. The number of phenolic OH excluding ortho intramolecular Hbond substituents is 1. The first-order valence-electron chi connectivity index (χ1n) is 5.12. The first kappa shape index (κ1) is 11.3. The van der Waals surface area contributed by atoms with Crippen molar-refractivity contribution in [2.24, 2.45) is 0 Å². The minimum atomic E-state index is -0.915. The average molecular weight is 232 g/mol. The van der Waals surface area contributed by atoms with Crippen LogP contribution in [0.25, 0.3) is 10.8 Å². The smallest absolute Gasteiger partial charge is 0.307 e. The van der Waals surface area contributed by atoms with Crippen LogP contribution in [0.15, 0.2) is 30.3 Å². The molecule has 2 aromatic carbocycles. The first-order chi connectivity index (χ1) is 8.11. The Morgan fingerprint density at radius 3 is 2.71 bits per heavy atom. The fraction of sp³-hybridized carbons (Fsp3) is 0.154. The van der Waals surface area contributed by atoms with Gasteiger partial charge in [0.05, 0.1) is 13.5 Å². The molecule has 0 saturated carbocycles. The Bertz CT molecular complexity index is 575. The van der Waals surface area contributed by atoms with Crippen molar-refractivity contribution >= 4 is 16.7 Å². The molecule has 2 rings (SSSR count). The fourth-order valence-corrected chi connectivity index (χ4v) is 1.84. The number of benzene rings is 2. The summed E-state index contributed by atoms with van der Waals surface area (Å²) in [6.45, 7) is 0. The molecule has 4 nitrogen and oxygen atoms in total. The van der Waals surface area contributed by atoms with Crippen molar-refractivity contribution in [3.05, 3.63) is 35.9 Å². The number of hydrogen-bond acceptors (Lipinski definition) is 3. The number of phenols is 1. The number of aliphatic carboxylic acids is 1. The van der Waals surface area contributed by atoms with Crippen LogP contribution in [0.1, 0.15) is 5.56 Å². The van der Waals surface area contributed by atoms with Gasteiger partial charge in [-0.1, -0.05) is 12.1 Å². The standard InChI is InChI=1S/C13H12O4/c1-17-12-6-8(7-13(15)16)5-10-9(12)3-2-4-11(10)14/h2-6,14H,7H2,1H3,(H,15,16). The van der Waals surface area contributed by atoms with Gasteiger partial charge < -0.3 is 14.9 Å². The van der Waals surface area contributed by atoms with E-state index in [2.05, 4.69) is 0 Å². The highest BCUT2D eigenvalue weighted by Crippen LogP contribution is 2.33. The van der Waals surface area contributed by atoms with E-state index in [1.807, 2.05) is 6.07 Å². The van der Waals surface area contributed by atoms with Crippen LogP contribution in [0, 0.1) is 0 Å². The van der Waals surface area contributed by atoms with Gasteiger partial charge in [-0.25, -0.2) is 0 Å². The second-order valence-electron chi connectivity index (χ2n) is 3.74. The van der Waals surface area contributed by atoms with Crippen LogP contribution in [0.2, 0.25) is 0 Å². The number of aromatic hydroxyl groups is 1. The number of rotatable bonds is 3. The van der Waals surface area contributed by atoms with Gasteiger partial charge in [-0.15, -0.1) is 0 Å². The van der Waals surface area contributed by atoms with Crippen molar-refractivity contribution in [3.63, 3.8) is 0 Å². The minimum Gasteiger partial charge on any atom is -0.507 e. The molecule has 88 valence electrons. The predicted octanol–water partition coefficient (Wildman–Crippen LogP) is 2.18. The van der Waals surface area contributed by atoms with E-state index < -0.39 is 5.97 Å². The van der Waals surface area contributed by atoms with Crippen LogP contribution in [-0.2, 0) is 11.2 Å². The lowest BCUT2D eigenvalue weighted by atomic mass is 10.0. The molecular formula is C13H12O4. The summed E-state index contributed by atoms with van der Waals surface area (Å²) in [4.78, 5) is 10.7. The Morgan fingerprint density at radius 1 is 1.29 bits per heavy atom. The molecule has 0 aliphatic carbocycles. The molecule has 0 heterocycles. The van der Waals surface area contributed by atoms with Gasteiger partial charge in [-0.3, -0.25) is 4.79 Å². The molecule has 0 spiro atoms. The average Bonchev–Trinajstić information content (AvgIpc) is 2.28. The van der Waals surface area contributed by atoms with E-state index in [0.717, 1.165) is 5.39 Å². The summed E-state index contributed by atoms with van der Waals surface area (Å²) < 4.78 is 5.20. The zero-order valence-corrected chi connectivity index (χ0v) is 9.30. The number of carboxylic acid groups (broad SMARTS) is 1. The molecule has 0 aliphatic rings. The summed E-state index contributed by atoms with van der Waals surface area (Å²) in [5, 5.41) is 19.9. The number of carbonyl (C=O) groups is 1. The summed E-state index contributed by atoms with van der Waals surface area (Å²) in [5.74, 6) is -0.232. The van der Waals surface area contributed by atoms with Crippen molar-refractivity contribution in [1.82, 2.24) is 0 Å². The van der Waals surface area contributed by atoms with Crippen LogP contribution >= 0.6 is 0 Å². The third-order valence-corrected chi connectivity index (χ3v) is 2.57. The van der Waals surface area contributed by atoms with Gasteiger partial charge in [0.2, 0.25) is 0 Å². The van der Waals surface area contributed by atoms with E-state index in [9.17, 15) is 9.90 Å². The molecule has 4 heteroatoms. The van der Waals surface area contributed by atoms with E-state index in [0.29, 0.717) is 16.7 Å². The van der Waals surface area contributed by atoms with Gasteiger partial charge in [-0.05, 0) is 23.8 Å². The highest BCUT2D eigenvalue weighted by atomic mass is 16.5. The molecule has 0 fully saturated rings. The number of methoxy groups -OCH3 is 1. The van der Waals surface area contributed by atoms with Gasteiger partial charge in [0.15, 0.2) is 0 Å². The van der Waals surface area contributed by atoms with Gasteiger partial charge in [0.25, 0.3) is 0 Å². The van der Waals surface area contributed by atoms with Crippen LogP contribution in [0.5, 0.6) is 11.5 Å². The third kappa shape index (κ3) is 2.15. The van der Waals surface area contributed by atoms with Gasteiger partial charge in [-0.2, -0.15) is 0 Å². The summed E-state index contributed by atoms with van der Waals surface area (Å²) in [6, 6.07) is 8.44. The van der Waals surface area contributed by atoms with E-state index in [4.69, 9.17) is 9.84 Å². The van der Waals surface area contributed by atoms with E-state index >= 15 is 0 Å².